The second kappa shape index (κ2) is 3.83. The van der Waals surface area contributed by atoms with Gasteiger partial charge in [0.15, 0.2) is 0 Å². The van der Waals surface area contributed by atoms with Crippen molar-refractivity contribution in [3.05, 3.63) is 24.3 Å². The van der Waals surface area contributed by atoms with Gasteiger partial charge in [0.05, 0.1) is 6.61 Å². The molecule has 0 heterocycles. The Morgan fingerprint density at radius 3 is 2.82 bits per heavy atom. The topological polar surface area (TPSA) is 49.7 Å². The van der Waals surface area contributed by atoms with E-state index in [1.54, 1.807) is 18.2 Å². The number of ether oxygens (including phenoxy) is 1. The third-order valence-electron chi connectivity index (χ3n) is 1.18. The van der Waals surface area contributed by atoms with Crippen molar-refractivity contribution >= 4 is 0 Å². The van der Waals surface area contributed by atoms with Crippen molar-refractivity contribution in [3.8, 4) is 11.5 Å². The summed E-state index contributed by atoms with van der Waals surface area (Å²) < 4.78 is 5.03. The molecule has 0 saturated heterocycles. The van der Waals surface area contributed by atoms with Gasteiger partial charge in [0.25, 0.3) is 0 Å². The van der Waals surface area contributed by atoms with Crippen molar-refractivity contribution < 1.29 is 14.9 Å². The molecule has 0 amide bonds. The predicted octanol–water partition coefficient (Wildman–Crippen LogP) is 0.763. The molecular weight excluding hydrogens is 144 g/mol. The first-order valence-corrected chi connectivity index (χ1v) is 3.35. The van der Waals surface area contributed by atoms with Gasteiger partial charge in [-0.25, -0.2) is 0 Å². The van der Waals surface area contributed by atoms with Gasteiger partial charge in [-0.2, -0.15) is 0 Å². The third-order valence-corrected chi connectivity index (χ3v) is 1.18. The lowest BCUT2D eigenvalue weighted by atomic mass is 10.3. The van der Waals surface area contributed by atoms with Crippen molar-refractivity contribution in [2.24, 2.45) is 0 Å². The number of phenols is 1. The Morgan fingerprint density at radius 2 is 2.18 bits per heavy atom. The molecule has 0 radical (unpaired) electrons. The van der Waals surface area contributed by atoms with E-state index in [1.165, 1.54) is 6.07 Å². The van der Waals surface area contributed by atoms with Crippen LogP contribution in [0.15, 0.2) is 24.3 Å². The molecule has 0 aromatic heterocycles. The summed E-state index contributed by atoms with van der Waals surface area (Å²) in [5.74, 6) is 0.736. The molecule has 0 aliphatic rings. The second-order valence-corrected chi connectivity index (χ2v) is 2.07. The molecule has 0 aliphatic heterocycles. The van der Waals surface area contributed by atoms with Crippen LogP contribution in [-0.4, -0.2) is 23.4 Å². The lowest BCUT2D eigenvalue weighted by molar-refractivity contribution is 0.201. The first kappa shape index (κ1) is 7.88. The fourth-order valence-corrected chi connectivity index (χ4v) is 0.737. The fraction of sp³-hybridized carbons (Fsp3) is 0.250. The number of aliphatic hydroxyl groups excluding tert-OH is 1. The Bertz CT molecular complexity index is 222. The molecule has 0 aliphatic carbocycles. The zero-order chi connectivity index (χ0) is 8.10. The summed E-state index contributed by atoms with van der Waals surface area (Å²) in [6.07, 6.45) is 0. The molecule has 0 atom stereocenters. The Labute approximate surface area is 64.9 Å². The summed E-state index contributed by atoms with van der Waals surface area (Å²) in [5, 5.41) is 17.4. The summed E-state index contributed by atoms with van der Waals surface area (Å²) in [5.41, 5.74) is 0. The highest BCUT2D eigenvalue weighted by atomic mass is 16.5. The van der Waals surface area contributed by atoms with Crippen LogP contribution < -0.4 is 4.74 Å². The first-order valence-electron chi connectivity index (χ1n) is 3.35. The number of hydrogen-bond acceptors (Lipinski definition) is 3. The van der Waals surface area contributed by atoms with Crippen molar-refractivity contribution in [1.82, 2.24) is 0 Å². The molecule has 1 aromatic carbocycles. The largest absolute Gasteiger partial charge is 0.508 e. The Kier molecular flexibility index (Phi) is 2.74. The Hall–Kier alpha value is -1.22. The van der Waals surface area contributed by atoms with Crippen LogP contribution in [0.2, 0.25) is 0 Å². The highest BCUT2D eigenvalue weighted by Gasteiger charge is 1.92. The van der Waals surface area contributed by atoms with Gasteiger partial charge < -0.3 is 14.9 Å². The number of aliphatic hydroxyl groups is 1. The van der Waals surface area contributed by atoms with Gasteiger partial charge in [-0.3, -0.25) is 0 Å². The molecule has 60 valence electrons. The van der Waals surface area contributed by atoms with E-state index in [9.17, 15) is 0 Å². The number of benzene rings is 1. The van der Waals surface area contributed by atoms with Gasteiger partial charge in [-0.15, -0.1) is 0 Å². The van der Waals surface area contributed by atoms with Crippen LogP contribution in [0.3, 0.4) is 0 Å². The van der Waals surface area contributed by atoms with E-state index in [-0.39, 0.29) is 19.0 Å². The molecule has 11 heavy (non-hydrogen) atoms. The minimum absolute atomic E-state index is 0.0182. The molecule has 2 N–H and O–H groups in total. The van der Waals surface area contributed by atoms with Gasteiger partial charge in [0, 0.05) is 6.07 Å². The monoisotopic (exact) mass is 154 g/mol. The summed E-state index contributed by atoms with van der Waals surface area (Å²) >= 11 is 0. The quantitative estimate of drug-likeness (QED) is 0.675. The lowest BCUT2D eigenvalue weighted by Crippen LogP contribution is -2.00. The van der Waals surface area contributed by atoms with Crippen LogP contribution >= 0.6 is 0 Å². The molecule has 0 bridgehead atoms. The van der Waals surface area contributed by atoms with E-state index >= 15 is 0 Å². The van der Waals surface area contributed by atoms with Gasteiger partial charge in [-0.1, -0.05) is 6.07 Å². The number of rotatable bonds is 3. The molecular formula is C8H10O3. The SMILES string of the molecule is OCCOc1cccc(O)c1. The molecule has 1 rings (SSSR count). The minimum atomic E-state index is -0.0182. The highest BCUT2D eigenvalue weighted by Crippen LogP contribution is 2.17. The number of aromatic hydroxyl groups is 1. The fourth-order valence-electron chi connectivity index (χ4n) is 0.737. The van der Waals surface area contributed by atoms with Crippen molar-refractivity contribution in [1.29, 1.82) is 0 Å². The third kappa shape index (κ3) is 2.47. The second-order valence-electron chi connectivity index (χ2n) is 2.07. The first-order chi connectivity index (χ1) is 5.33. The molecule has 3 heteroatoms. The zero-order valence-electron chi connectivity index (χ0n) is 6.03. The van der Waals surface area contributed by atoms with E-state index in [4.69, 9.17) is 14.9 Å². The van der Waals surface area contributed by atoms with Gasteiger partial charge >= 0.3 is 0 Å². The van der Waals surface area contributed by atoms with E-state index < -0.39 is 0 Å². The Morgan fingerprint density at radius 1 is 1.36 bits per heavy atom. The molecule has 0 fully saturated rings. The Balaban J connectivity index is 2.56. The van der Waals surface area contributed by atoms with Crippen molar-refractivity contribution in [3.63, 3.8) is 0 Å². The molecule has 0 unspecified atom stereocenters. The zero-order valence-corrected chi connectivity index (χ0v) is 6.03. The van der Waals surface area contributed by atoms with Crippen LogP contribution in [-0.2, 0) is 0 Å². The highest BCUT2D eigenvalue weighted by molar-refractivity contribution is 5.31. The van der Waals surface area contributed by atoms with Crippen LogP contribution in [0.25, 0.3) is 0 Å². The van der Waals surface area contributed by atoms with Crippen LogP contribution in [0.5, 0.6) is 11.5 Å². The predicted molar refractivity (Wildman–Crippen MR) is 40.7 cm³/mol. The van der Waals surface area contributed by atoms with E-state index in [0.717, 1.165) is 0 Å². The van der Waals surface area contributed by atoms with Crippen LogP contribution in [0, 0.1) is 0 Å². The van der Waals surface area contributed by atoms with Gasteiger partial charge in [0.1, 0.15) is 18.1 Å². The molecule has 1 aromatic rings. The maximum absolute atomic E-state index is 8.97. The summed E-state index contributed by atoms with van der Waals surface area (Å²) in [6, 6.07) is 6.46. The maximum atomic E-state index is 8.97. The van der Waals surface area contributed by atoms with E-state index in [0.29, 0.717) is 5.75 Å². The number of phenolic OH excluding ortho intramolecular Hbond substituents is 1. The lowest BCUT2D eigenvalue weighted by Gasteiger charge is -2.02. The smallest absolute Gasteiger partial charge is 0.123 e. The summed E-state index contributed by atoms with van der Waals surface area (Å²) in [7, 11) is 0. The minimum Gasteiger partial charge on any atom is -0.508 e. The average Bonchev–Trinajstić information content (AvgIpc) is 2.01. The van der Waals surface area contributed by atoms with E-state index in [1.807, 2.05) is 0 Å². The molecule has 3 nitrogen and oxygen atoms in total. The van der Waals surface area contributed by atoms with Gasteiger partial charge in [0.2, 0.25) is 0 Å². The summed E-state index contributed by atoms with van der Waals surface area (Å²) in [4.78, 5) is 0. The maximum Gasteiger partial charge on any atom is 0.123 e. The standard InChI is InChI=1S/C8H10O3/c9-4-5-11-8-3-1-2-7(10)6-8/h1-3,6,9-10H,4-5H2. The summed E-state index contributed by atoms with van der Waals surface area (Å²) in [6.45, 7) is 0.235. The molecule has 0 spiro atoms. The average molecular weight is 154 g/mol. The molecule has 0 saturated carbocycles. The van der Waals surface area contributed by atoms with Crippen LogP contribution in [0.1, 0.15) is 0 Å². The van der Waals surface area contributed by atoms with Crippen molar-refractivity contribution in [2.75, 3.05) is 13.2 Å². The van der Waals surface area contributed by atoms with Crippen molar-refractivity contribution in [2.45, 2.75) is 0 Å². The van der Waals surface area contributed by atoms with E-state index in [2.05, 4.69) is 0 Å². The van der Waals surface area contributed by atoms with Crippen LogP contribution in [0.4, 0.5) is 0 Å². The normalized spacial score (nSPS) is 9.55. The number of hydrogen-bond donors (Lipinski definition) is 2. The van der Waals surface area contributed by atoms with Gasteiger partial charge in [-0.05, 0) is 12.1 Å².